The van der Waals surface area contributed by atoms with Gasteiger partial charge < -0.3 is 4.98 Å². The Morgan fingerprint density at radius 3 is 1.92 bits per heavy atom. The molecule has 1 aliphatic carbocycles. The highest BCUT2D eigenvalue weighted by atomic mass is 16.1. The van der Waals surface area contributed by atoms with Gasteiger partial charge in [0, 0.05) is 33.8 Å². The Kier molecular flexibility index (Phi) is 2.98. The zero-order chi connectivity index (χ0) is 16.8. The predicted molar refractivity (Wildman–Crippen MR) is 102 cm³/mol. The van der Waals surface area contributed by atoms with E-state index in [0.717, 1.165) is 38.9 Å². The van der Waals surface area contributed by atoms with Crippen LogP contribution in [0, 0.1) is 0 Å². The van der Waals surface area contributed by atoms with Crippen molar-refractivity contribution in [1.82, 2.24) is 4.98 Å². The monoisotopic (exact) mass is 321 g/mol. The smallest absolute Gasteiger partial charge is 0.194 e. The molecule has 0 aliphatic heterocycles. The van der Waals surface area contributed by atoms with E-state index in [1.54, 1.807) is 0 Å². The number of hydrogen-bond donors (Lipinski definition) is 1. The van der Waals surface area contributed by atoms with Crippen LogP contribution in [-0.2, 0) is 0 Å². The average Bonchev–Trinajstić information content (AvgIpc) is 3.08. The molecule has 1 heterocycles. The molecule has 0 radical (unpaired) electrons. The second-order valence-electron chi connectivity index (χ2n) is 6.27. The molecule has 3 aromatic carbocycles. The van der Waals surface area contributed by atoms with Gasteiger partial charge in [-0.3, -0.25) is 4.79 Å². The molecule has 0 bridgehead atoms. The Hall–Kier alpha value is -3.39. The summed E-state index contributed by atoms with van der Waals surface area (Å²) in [5.74, 6) is 0.0993. The predicted octanol–water partition coefficient (Wildman–Crippen LogP) is 5.30. The van der Waals surface area contributed by atoms with Crippen LogP contribution in [0.5, 0.6) is 0 Å². The summed E-state index contributed by atoms with van der Waals surface area (Å²) < 4.78 is 0. The zero-order valence-electron chi connectivity index (χ0n) is 13.5. The van der Waals surface area contributed by atoms with Crippen LogP contribution in [0.4, 0.5) is 0 Å². The Labute approximate surface area is 145 Å². The van der Waals surface area contributed by atoms with Gasteiger partial charge in [-0.15, -0.1) is 0 Å². The lowest BCUT2D eigenvalue weighted by Gasteiger charge is -2.21. The summed E-state index contributed by atoms with van der Waals surface area (Å²) in [6.45, 7) is 0. The first-order valence-electron chi connectivity index (χ1n) is 8.34. The molecule has 0 spiro atoms. The van der Waals surface area contributed by atoms with Crippen molar-refractivity contribution in [3.8, 4) is 0 Å². The van der Waals surface area contributed by atoms with Crippen LogP contribution in [-0.4, -0.2) is 10.8 Å². The molecule has 118 valence electrons. The molecule has 1 N–H and O–H groups in total. The van der Waals surface area contributed by atoms with Crippen LogP contribution in [0.25, 0.3) is 22.6 Å². The SMILES string of the molecule is O=C1c2ccccc2C(=Cc2c[nH]c3ccccc23)c2ccccc21. The molecule has 0 fully saturated rings. The van der Waals surface area contributed by atoms with E-state index < -0.39 is 0 Å². The second-order valence-corrected chi connectivity index (χ2v) is 6.27. The zero-order valence-corrected chi connectivity index (χ0v) is 13.5. The van der Waals surface area contributed by atoms with Gasteiger partial charge in [-0.1, -0.05) is 66.7 Å². The number of aromatic nitrogens is 1. The summed E-state index contributed by atoms with van der Waals surface area (Å²) in [5, 5.41) is 1.18. The average molecular weight is 321 g/mol. The van der Waals surface area contributed by atoms with Crippen LogP contribution in [0.2, 0.25) is 0 Å². The maximum atomic E-state index is 12.8. The summed E-state index contributed by atoms with van der Waals surface area (Å²) in [4.78, 5) is 16.2. The number of benzene rings is 3. The minimum atomic E-state index is 0.0993. The van der Waals surface area contributed by atoms with Gasteiger partial charge >= 0.3 is 0 Å². The van der Waals surface area contributed by atoms with E-state index in [4.69, 9.17) is 0 Å². The van der Waals surface area contributed by atoms with Crippen LogP contribution < -0.4 is 0 Å². The van der Waals surface area contributed by atoms with Crippen molar-refractivity contribution in [3.63, 3.8) is 0 Å². The minimum Gasteiger partial charge on any atom is -0.361 e. The van der Waals surface area contributed by atoms with Gasteiger partial charge in [-0.05, 0) is 28.8 Å². The van der Waals surface area contributed by atoms with E-state index in [2.05, 4.69) is 23.2 Å². The normalized spacial score (nSPS) is 12.8. The van der Waals surface area contributed by atoms with E-state index in [-0.39, 0.29) is 5.78 Å². The first kappa shape index (κ1) is 14.0. The summed E-state index contributed by atoms with van der Waals surface area (Å²) in [6, 6.07) is 24.0. The molecular weight excluding hydrogens is 306 g/mol. The number of H-pyrrole nitrogens is 1. The maximum absolute atomic E-state index is 12.8. The Balaban J connectivity index is 1.82. The molecule has 0 atom stereocenters. The lowest BCUT2D eigenvalue weighted by molar-refractivity contribution is 0.103. The molecule has 2 heteroatoms. The Bertz CT molecular complexity index is 1110. The topological polar surface area (TPSA) is 32.9 Å². The number of fused-ring (bicyclic) bond motifs is 3. The molecule has 0 saturated carbocycles. The summed E-state index contributed by atoms with van der Waals surface area (Å²) in [6.07, 6.45) is 4.21. The van der Waals surface area contributed by atoms with Crippen LogP contribution in [0.15, 0.2) is 79.0 Å². The Morgan fingerprint density at radius 2 is 1.24 bits per heavy atom. The highest BCUT2D eigenvalue weighted by Crippen LogP contribution is 2.37. The van der Waals surface area contributed by atoms with Gasteiger partial charge in [0.25, 0.3) is 0 Å². The molecule has 1 aliphatic rings. The number of aromatic amines is 1. The summed E-state index contributed by atoms with van der Waals surface area (Å²) in [7, 11) is 0. The molecular formula is C23H15NO. The fourth-order valence-electron chi connectivity index (χ4n) is 3.65. The molecule has 2 nitrogen and oxygen atoms in total. The second kappa shape index (κ2) is 5.32. The fraction of sp³-hybridized carbons (Fsp3) is 0. The standard InChI is InChI=1S/C23H15NO/c25-23-19-10-3-1-8-17(19)21(18-9-2-4-11-20(18)23)13-15-14-24-22-12-6-5-7-16(15)22/h1-14,24H. The number of rotatable bonds is 1. The van der Waals surface area contributed by atoms with Crippen LogP contribution in [0.1, 0.15) is 32.6 Å². The van der Waals surface area contributed by atoms with Crippen molar-refractivity contribution in [2.45, 2.75) is 0 Å². The third-order valence-corrected chi connectivity index (χ3v) is 4.84. The fourth-order valence-corrected chi connectivity index (χ4v) is 3.65. The van der Waals surface area contributed by atoms with Crippen LogP contribution in [0.3, 0.4) is 0 Å². The van der Waals surface area contributed by atoms with Crippen molar-refractivity contribution in [2.75, 3.05) is 0 Å². The third-order valence-electron chi connectivity index (χ3n) is 4.84. The van der Waals surface area contributed by atoms with Gasteiger partial charge in [-0.2, -0.15) is 0 Å². The largest absolute Gasteiger partial charge is 0.361 e. The first-order chi connectivity index (χ1) is 12.3. The highest BCUT2D eigenvalue weighted by Gasteiger charge is 2.26. The van der Waals surface area contributed by atoms with Gasteiger partial charge in [0.1, 0.15) is 0 Å². The molecule has 0 amide bonds. The first-order valence-corrected chi connectivity index (χ1v) is 8.34. The Morgan fingerprint density at radius 1 is 0.680 bits per heavy atom. The molecule has 0 saturated heterocycles. The van der Waals surface area contributed by atoms with Crippen molar-refractivity contribution in [1.29, 1.82) is 0 Å². The van der Waals surface area contributed by atoms with Crippen LogP contribution >= 0.6 is 0 Å². The number of para-hydroxylation sites is 1. The number of carbonyl (C=O) groups is 1. The van der Waals surface area contributed by atoms with Gasteiger partial charge in [0.2, 0.25) is 0 Å². The van der Waals surface area contributed by atoms with E-state index in [1.165, 1.54) is 5.39 Å². The number of ketones is 1. The van der Waals surface area contributed by atoms with E-state index in [9.17, 15) is 4.79 Å². The highest BCUT2D eigenvalue weighted by molar-refractivity contribution is 6.20. The maximum Gasteiger partial charge on any atom is 0.194 e. The number of hydrogen-bond acceptors (Lipinski definition) is 1. The van der Waals surface area contributed by atoms with Gasteiger partial charge in [0.15, 0.2) is 5.78 Å². The lowest BCUT2D eigenvalue weighted by atomic mass is 9.81. The molecule has 1 aromatic heterocycles. The summed E-state index contributed by atoms with van der Waals surface area (Å²) >= 11 is 0. The van der Waals surface area contributed by atoms with Crippen molar-refractivity contribution >= 4 is 28.3 Å². The molecule has 4 aromatic rings. The quantitative estimate of drug-likeness (QED) is 0.446. The molecule has 0 unspecified atom stereocenters. The lowest BCUT2D eigenvalue weighted by Crippen LogP contribution is -2.14. The van der Waals surface area contributed by atoms with E-state index in [0.29, 0.717) is 0 Å². The van der Waals surface area contributed by atoms with E-state index >= 15 is 0 Å². The van der Waals surface area contributed by atoms with Gasteiger partial charge in [0.05, 0.1) is 0 Å². The number of nitrogens with one attached hydrogen (secondary N) is 1. The minimum absolute atomic E-state index is 0.0993. The molecule has 5 rings (SSSR count). The van der Waals surface area contributed by atoms with Crippen molar-refractivity contribution < 1.29 is 4.79 Å². The van der Waals surface area contributed by atoms with E-state index in [1.807, 2.05) is 66.9 Å². The molecule has 25 heavy (non-hydrogen) atoms. The summed E-state index contributed by atoms with van der Waals surface area (Å²) in [5.41, 5.74) is 6.87. The van der Waals surface area contributed by atoms with Gasteiger partial charge in [-0.25, -0.2) is 0 Å². The third kappa shape index (κ3) is 2.08. The van der Waals surface area contributed by atoms with Crippen molar-refractivity contribution in [3.05, 3.63) is 107 Å². The van der Waals surface area contributed by atoms with Crippen molar-refractivity contribution in [2.24, 2.45) is 0 Å². The number of carbonyl (C=O) groups excluding carboxylic acids is 1.